The molecule has 12 heteroatoms. The maximum absolute atomic E-state index is 12.5. The van der Waals surface area contributed by atoms with Gasteiger partial charge in [0.25, 0.3) is 5.91 Å². The van der Waals surface area contributed by atoms with Crippen LogP contribution in [0.5, 0.6) is 0 Å². The number of nitrogens with one attached hydrogen (secondary N) is 2. The Morgan fingerprint density at radius 2 is 1.86 bits per heavy atom. The summed E-state index contributed by atoms with van der Waals surface area (Å²) in [6.07, 6.45) is 0.297. The fraction of sp³-hybridized carbons (Fsp3) is 0.480. The Morgan fingerprint density at radius 1 is 1.24 bits per heavy atom. The Bertz CT molecular complexity index is 1080. The fourth-order valence-corrected chi connectivity index (χ4v) is 3.36. The molecule has 9 nitrogen and oxygen atoms in total. The van der Waals surface area contributed by atoms with Gasteiger partial charge in [-0.3, -0.25) is 14.4 Å². The van der Waals surface area contributed by atoms with Crippen LogP contribution in [0.25, 0.3) is 0 Å². The molecule has 0 radical (unpaired) electrons. The quantitative estimate of drug-likeness (QED) is 0.579. The number of rotatable bonds is 5. The molecule has 37 heavy (non-hydrogen) atoms. The van der Waals surface area contributed by atoms with Crippen molar-refractivity contribution in [3.63, 3.8) is 0 Å². The zero-order valence-corrected chi connectivity index (χ0v) is 21.0. The Labute approximate surface area is 213 Å². The smallest absolute Gasteiger partial charge is 0.331 e. The largest absolute Gasteiger partial charge is 0.449 e. The van der Waals surface area contributed by atoms with Gasteiger partial charge in [0.15, 0.2) is 0 Å². The van der Waals surface area contributed by atoms with Gasteiger partial charge >= 0.3 is 6.18 Å². The van der Waals surface area contributed by atoms with E-state index in [0.29, 0.717) is 19.4 Å². The van der Waals surface area contributed by atoms with Crippen LogP contribution in [-0.2, 0) is 15.8 Å². The molecule has 0 spiro atoms. The number of alkyl halides is 3. The number of aromatic nitrogens is 2. The molecule has 1 aliphatic carbocycles. The van der Waals surface area contributed by atoms with Gasteiger partial charge in [-0.05, 0) is 30.4 Å². The first-order valence-electron chi connectivity index (χ1n) is 11.8. The van der Waals surface area contributed by atoms with E-state index in [0.717, 1.165) is 22.7 Å². The number of likely N-dealkylation sites (N-methyl/N-ethyl adjacent to an activating group) is 1. The Kier molecular flexibility index (Phi) is 10.7. The third-order valence-corrected chi connectivity index (χ3v) is 5.64. The number of H-pyrrole nitrogens is 1. The summed E-state index contributed by atoms with van der Waals surface area (Å²) in [5.74, 6) is -1.21. The van der Waals surface area contributed by atoms with Crippen LogP contribution >= 0.6 is 0 Å². The first-order valence-corrected chi connectivity index (χ1v) is 11.8. The predicted octanol–water partition coefficient (Wildman–Crippen LogP) is 3.93. The maximum Gasteiger partial charge on any atom is 0.449 e. The van der Waals surface area contributed by atoms with Crippen LogP contribution in [0.15, 0.2) is 36.5 Å². The van der Waals surface area contributed by atoms with Gasteiger partial charge in [0, 0.05) is 19.3 Å². The minimum atomic E-state index is -4.68. The lowest BCUT2D eigenvalue weighted by Crippen LogP contribution is -2.43. The highest BCUT2D eigenvalue weighted by atomic mass is 19.4. The van der Waals surface area contributed by atoms with E-state index in [9.17, 15) is 27.6 Å². The van der Waals surface area contributed by atoms with Crippen LogP contribution in [0.4, 0.5) is 18.9 Å². The topological polar surface area (TPSA) is 122 Å². The molecule has 2 atom stereocenters. The third kappa shape index (κ3) is 9.59. The zero-order chi connectivity index (χ0) is 27.6. The number of carbonyl (C=O) groups is 3. The normalized spacial score (nSPS) is 18.4. The molecule has 1 aliphatic heterocycles. The summed E-state index contributed by atoms with van der Waals surface area (Å²) < 4.78 is 37.5. The Morgan fingerprint density at radius 3 is 2.35 bits per heavy atom. The monoisotopic (exact) mass is 520 g/mol. The summed E-state index contributed by atoms with van der Waals surface area (Å²) in [5, 5.41) is 11.6. The Balaban J connectivity index is 0.000000300. The summed E-state index contributed by atoms with van der Waals surface area (Å²) in [5.41, 5.74) is 0.469. The number of halogens is 3. The van der Waals surface area contributed by atoms with Crippen LogP contribution in [0, 0.1) is 23.2 Å². The second-order valence-electron chi connectivity index (χ2n) is 9.15. The summed E-state index contributed by atoms with van der Waals surface area (Å²) in [4.78, 5) is 41.6. The number of aromatic amines is 1. The van der Waals surface area contributed by atoms with Gasteiger partial charge in [-0.25, -0.2) is 4.98 Å². The van der Waals surface area contributed by atoms with Gasteiger partial charge in [-0.15, -0.1) is 0 Å². The minimum absolute atomic E-state index is 0.182. The van der Waals surface area contributed by atoms with Crippen LogP contribution in [0.1, 0.15) is 49.4 Å². The van der Waals surface area contributed by atoms with Crippen molar-refractivity contribution in [2.24, 2.45) is 11.8 Å². The molecule has 2 unspecified atom stereocenters. The number of anilines is 1. The standard InChI is InChI=1S/C14H16F3N5O2.C7H7NO.C4H8/c1-8-3-9(4-18)22(6-8)11(23)7-21(2)12(24)10-5-19-13(20-10)14(15,16)17;9-6-8-7-4-2-1-3-5-7;1-4-2-3-4/h5,8-9H,3,6-7H2,1-2H3,(H,19,20);1-6H,(H,8,9);4H,2-3H2,1H3. The third-order valence-electron chi connectivity index (χ3n) is 5.64. The number of nitrogens with zero attached hydrogens (tertiary/aromatic N) is 4. The van der Waals surface area contributed by atoms with Crippen LogP contribution < -0.4 is 5.32 Å². The van der Waals surface area contributed by atoms with Crippen LogP contribution in [-0.4, -0.2) is 64.2 Å². The predicted molar refractivity (Wildman–Crippen MR) is 130 cm³/mol. The molecule has 2 aromatic rings. The van der Waals surface area contributed by atoms with E-state index in [4.69, 9.17) is 5.26 Å². The number of para-hydroxylation sites is 1. The molecule has 1 saturated heterocycles. The molecule has 0 bridgehead atoms. The summed E-state index contributed by atoms with van der Waals surface area (Å²) in [7, 11) is 1.30. The number of benzene rings is 1. The molecular weight excluding hydrogens is 489 g/mol. The molecule has 2 aliphatic rings. The summed E-state index contributed by atoms with van der Waals surface area (Å²) in [6.45, 7) is 4.28. The van der Waals surface area contributed by atoms with Gasteiger partial charge in [0.2, 0.25) is 18.1 Å². The molecule has 1 aromatic heterocycles. The van der Waals surface area contributed by atoms with Crippen molar-refractivity contribution in [2.75, 3.05) is 25.5 Å². The number of likely N-dealkylation sites (tertiary alicyclic amines) is 1. The van der Waals surface area contributed by atoms with E-state index >= 15 is 0 Å². The van der Waals surface area contributed by atoms with E-state index in [-0.39, 0.29) is 18.2 Å². The van der Waals surface area contributed by atoms with Crippen molar-refractivity contribution in [1.29, 1.82) is 5.26 Å². The molecular formula is C25H31F3N6O3. The number of hydrogen-bond acceptors (Lipinski definition) is 5. The zero-order valence-electron chi connectivity index (χ0n) is 21.0. The number of carbonyl (C=O) groups excluding carboxylic acids is 3. The van der Waals surface area contributed by atoms with Crippen LogP contribution in [0.2, 0.25) is 0 Å². The first kappa shape index (κ1) is 29.4. The highest BCUT2D eigenvalue weighted by molar-refractivity contribution is 5.94. The number of hydrogen-bond donors (Lipinski definition) is 2. The maximum atomic E-state index is 12.5. The van der Waals surface area contributed by atoms with Crippen LogP contribution in [0.3, 0.4) is 0 Å². The van der Waals surface area contributed by atoms with E-state index in [1.54, 1.807) is 0 Å². The van der Waals surface area contributed by atoms with Crippen molar-refractivity contribution in [2.45, 2.75) is 45.3 Å². The molecule has 4 rings (SSSR count). The van der Waals surface area contributed by atoms with Crippen molar-refractivity contribution in [1.82, 2.24) is 19.8 Å². The van der Waals surface area contributed by atoms with Gasteiger partial charge in [-0.2, -0.15) is 18.4 Å². The highest BCUT2D eigenvalue weighted by Crippen LogP contribution is 2.27. The lowest BCUT2D eigenvalue weighted by atomic mass is 10.1. The van der Waals surface area contributed by atoms with Crippen molar-refractivity contribution < 1.29 is 27.6 Å². The average molecular weight is 521 g/mol. The van der Waals surface area contributed by atoms with E-state index in [1.807, 2.05) is 48.3 Å². The number of nitriles is 1. The minimum Gasteiger partial charge on any atom is -0.331 e. The second kappa shape index (κ2) is 13.4. The van der Waals surface area contributed by atoms with Crippen molar-refractivity contribution >= 4 is 23.9 Å². The molecule has 2 heterocycles. The van der Waals surface area contributed by atoms with Gasteiger partial charge in [-0.1, -0.05) is 44.9 Å². The van der Waals surface area contributed by atoms with E-state index in [1.165, 1.54) is 24.8 Å². The second-order valence-corrected chi connectivity index (χ2v) is 9.15. The summed E-state index contributed by atoms with van der Waals surface area (Å²) >= 11 is 0. The fourth-order valence-electron chi connectivity index (χ4n) is 3.36. The lowest BCUT2D eigenvalue weighted by molar-refractivity contribution is -0.144. The van der Waals surface area contributed by atoms with Gasteiger partial charge < -0.3 is 20.1 Å². The average Bonchev–Trinajstić information content (AvgIpc) is 3.32. The molecule has 200 valence electrons. The van der Waals surface area contributed by atoms with E-state index < -0.39 is 29.9 Å². The molecule has 1 saturated carbocycles. The molecule has 2 N–H and O–H groups in total. The molecule has 2 fully saturated rings. The Hall–Kier alpha value is -3.88. The SMILES string of the molecule is CC1CC(C#N)N(C(=O)CN(C)C(=O)c2cnc(C(F)(F)F)[nH]2)C1.CC1CC1.O=CNc1ccccc1. The van der Waals surface area contributed by atoms with Crippen molar-refractivity contribution in [3.05, 3.63) is 48.0 Å². The van der Waals surface area contributed by atoms with Gasteiger partial charge in [0.1, 0.15) is 11.7 Å². The lowest BCUT2D eigenvalue weighted by Gasteiger charge is -2.23. The number of imidazole rings is 1. The highest BCUT2D eigenvalue weighted by Gasteiger charge is 2.36. The van der Waals surface area contributed by atoms with Crippen molar-refractivity contribution in [3.8, 4) is 6.07 Å². The number of amides is 3. The summed E-state index contributed by atoms with van der Waals surface area (Å²) in [6, 6.07) is 10.8. The van der Waals surface area contributed by atoms with E-state index in [2.05, 4.69) is 17.2 Å². The molecule has 1 aromatic carbocycles. The molecule has 3 amide bonds. The van der Waals surface area contributed by atoms with Gasteiger partial charge in [0.05, 0.1) is 18.8 Å². The first-order chi connectivity index (χ1) is 17.5.